The highest BCUT2D eigenvalue weighted by atomic mass is 127. The first kappa shape index (κ1) is 17.5. The highest BCUT2D eigenvalue weighted by Gasteiger charge is 2.10. The number of hydrogen-bond donors (Lipinski definition) is 0. The first-order chi connectivity index (χ1) is 11.1. The Morgan fingerprint density at radius 2 is 2.04 bits per heavy atom. The minimum atomic E-state index is 0.447. The molecule has 0 heterocycles. The fourth-order valence-electron chi connectivity index (χ4n) is 2.12. The van der Waals surface area contributed by atoms with Gasteiger partial charge in [-0.25, -0.2) is 0 Å². The monoisotopic (exact) mass is 421 g/mol. The largest absolute Gasteiger partial charge is 0.493 e. The van der Waals surface area contributed by atoms with E-state index in [4.69, 9.17) is 9.47 Å². The quantitative estimate of drug-likeness (QED) is 0.363. The maximum absolute atomic E-state index is 5.67. The lowest BCUT2D eigenvalue weighted by Crippen LogP contribution is -1.99. The Morgan fingerprint density at radius 1 is 1.26 bits per heavy atom. The molecule has 0 saturated carbocycles. The highest BCUT2D eigenvalue weighted by Crippen LogP contribution is 2.33. The van der Waals surface area contributed by atoms with Crippen LogP contribution in [-0.2, 0) is 0 Å². The summed E-state index contributed by atoms with van der Waals surface area (Å²) in [5, 5.41) is 0. The fourth-order valence-corrected chi connectivity index (χ4v) is 2.90. The molecule has 0 saturated heterocycles. The zero-order chi connectivity index (χ0) is 16.8. The molecule has 0 aromatic heterocycles. The topological polar surface area (TPSA) is 30.8 Å². The molecule has 4 heteroatoms. The van der Waals surface area contributed by atoms with Crippen LogP contribution in [0.25, 0.3) is 0 Å². The summed E-state index contributed by atoms with van der Waals surface area (Å²) >= 11 is 2.24. The van der Waals surface area contributed by atoms with Crippen molar-refractivity contribution in [2.24, 2.45) is 4.99 Å². The zero-order valence-corrected chi connectivity index (χ0v) is 15.8. The zero-order valence-electron chi connectivity index (χ0n) is 13.6. The van der Waals surface area contributed by atoms with Crippen molar-refractivity contribution in [1.29, 1.82) is 0 Å². The average molecular weight is 421 g/mol. The molecule has 0 radical (unpaired) electrons. The van der Waals surface area contributed by atoms with Gasteiger partial charge in [-0.2, -0.15) is 0 Å². The minimum absolute atomic E-state index is 0.447. The smallest absolute Gasteiger partial charge is 0.174 e. The summed E-state index contributed by atoms with van der Waals surface area (Å²) in [7, 11) is 1.64. The van der Waals surface area contributed by atoms with Gasteiger partial charge in [0.05, 0.1) is 16.4 Å². The summed E-state index contributed by atoms with van der Waals surface area (Å²) in [4.78, 5) is 4.60. The van der Waals surface area contributed by atoms with Gasteiger partial charge in [-0.05, 0) is 71.3 Å². The van der Waals surface area contributed by atoms with E-state index in [0.717, 1.165) is 20.6 Å². The lowest BCUT2D eigenvalue weighted by atomic mass is 10.1. The summed E-state index contributed by atoms with van der Waals surface area (Å²) in [6.45, 7) is 8.29. The van der Waals surface area contributed by atoms with Gasteiger partial charge in [0.25, 0.3) is 0 Å². The number of benzene rings is 2. The maximum atomic E-state index is 5.67. The van der Waals surface area contributed by atoms with Gasteiger partial charge in [0.1, 0.15) is 6.61 Å². The average Bonchev–Trinajstić information content (AvgIpc) is 2.54. The highest BCUT2D eigenvalue weighted by molar-refractivity contribution is 14.1. The predicted octanol–water partition coefficient (Wildman–Crippen LogP) is 5.23. The van der Waals surface area contributed by atoms with Gasteiger partial charge in [0, 0.05) is 6.21 Å². The van der Waals surface area contributed by atoms with Gasteiger partial charge < -0.3 is 9.47 Å². The van der Waals surface area contributed by atoms with Crippen LogP contribution in [0.3, 0.4) is 0 Å². The van der Waals surface area contributed by atoms with E-state index < -0.39 is 0 Å². The molecule has 0 aliphatic rings. The van der Waals surface area contributed by atoms with Crippen molar-refractivity contribution in [2.45, 2.75) is 13.8 Å². The summed E-state index contributed by atoms with van der Waals surface area (Å²) in [5.41, 5.74) is 4.38. The third-order valence-corrected chi connectivity index (χ3v) is 4.33. The van der Waals surface area contributed by atoms with Crippen LogP contribution < -0.4 is 9.47 Å². The van der Waals surface area contributed by atoms with Crippen LogP contribution in [0.4, 0.5) is 5.69 Å². The Bertz CT molecular complexity index is 738. The van der Waals surface area contributed by atoms with Crippen LogP contribution in [0.5, 0.6) is 11.5 Å². The molecule has 0 aliphatic heterocycles. The molecule has 0 atom stereocenters. The Kier molecular flexibility index (Phi) is 6.21. The Hall–Kier alpha value is -1.82. The summed E-state index contributed by atoms with van der Waals surface area (Å²) in [6, 6.07) is 10.1. The van der Waals surface area contributed by atoms with E-state index in [-0.39, 0.29) is 0 Å². The van der Waals surface area contributed by atoms with Crippen molar-refractivity contribution < 1.29 is 9.47 Å². The molecule has 0 bridgehead atoms. The van der Waals surface area contributed by atoms with E-state index in [1.165, 1.54) is 11.1 Å². The van der Waals surface area contributed by atoms with Crippen LogP contribution in [-0.4, -0.2) is 19.9 Å². The number of methoxy groups -OCH3 is 1. The molecule has 2 aromatic carbocycles. The summed E-state index contributed by atoms with van der Waals surface area (Å²) in [5.74, 6) is 1.43. The molecule has 0 aliphatic carbocycles. The van der Waals surface area contributed by atoms with Crippen LogP contribution in [0.15, 0.2) is 48.0 Å². The SMILES string of the molecule is C=CCOc1c(I)cc(C=Nc2cccc(C)c2C)cc1OC. The maximum Gasteiger partial charge on any atom is 0.174 e. The molecule has 120 valence electrons. The molecule has 2 rings (SSSR count). The molecule has 0 fully saturated rings. The van der Waals surface area contributed by atoms with Crippen molar-refractivity contribution in [3.8, 4) is 11.5 Å². The van der Waals surface area contributed by atoms with Crippen molar-refractivity contribution >= 4 is 34.5 Å². The molecule has 0 amide bonds. The second-order valence-electron chi connectivity index (χ2n) is 5.11. The second kappa shape index (κ2) is 8.15. The van der Waals surface area contributed by atoms with E-state index in [1.54, 1.807) is 13.2 Å². The van der Waals surface area contributed by atoms with Crippen LogP contribution in [0.2, 0.25) is 0 Å². The lowest BCUT2D eigenvalue weighted by Gasteiger charge is -2.12. The van der Waals surface area contributed by atoms with Gasteiger partial charge in [-0.3, -0.25) is 4.99 Å². The summed E-state index contributed by atoms with van der Waals surface area (Å²) in [6.07, 6.45) is 3.56. The van der Waals surface area contributed by atoms with Crippen molar-refractivity contribution in [3.05, 3.63) is 63.2 Å². The molecular formula is C19H20INO2. The first-order valence-corrected chi connectivity index (χ1v) is 8.36. The number of aliphatic imine (C=N–C) groups is 1. The molecule has 0 N–H and O–H groups in total. The van der Waals surface area contributed by atoms with Crippen LogP contribution in [0, 0.1) is 17.4 Å². The Morgan fingerprint density at radius 3 is 2.74 bits per heavy atom. The van der Waals surface area contributed by atoms with E-state index in [0.29, 0.717) is 12.4 Å². The van der Waals surface area contributed by atoms with Crippen LogP contribution in [0.1, 0.15) is 16.7 Å². The van der Waals surface area contributed by atoms with Crippen molar-refractivity contribution in [2.75, 3.05) is 13.7 Å². The fraction of sp³-hybridized carbons (Fsp3) is 0.211. The van der Waals surface area contributed by atoms with Gasteiger partial charge in [0.2, 0.25) is 0 Å². The van der Waals surface area contributed by atoms with E-state index >= 15 is 0 Å². The van der Waals surface area contributed by atoms with Gasteiger partial charge in [0.15, 0.2) is 11.5 Å². The molecule has 0 unspecified atom stereocenters. The lowest BCUT2D eigenvalue weighted by molar-refractivity contribution is 0.324. The number of nitrogens with zero attached hydrogens (tertiary/aromatic N) is 1. The molecule has 3 nitrogen and oxygen atoms in total. The third-order valence-electron chi connectivity index (χ3n) is 3.53. The molecule has 2 aromatic rings. The standard InChI is InChI=1S/C19H20INO2/c1-5-9-23-19-16(20)10-15(11-18(19)22-4)12-21-17-8-6-7-13(2)14(17)3/h5-8,10-12H,1,9H2,2-4H3. The molecular weight excluding hydrogens is 401 g/mol. The van der Waals surface area contributed by atoms with Crippen molar-refractivity contribution in [3.63, 3.8) is 0 Å². The van der Waals surface area contributed by atoms with Gasteiger partial charge in [-0.15, -0.1) is 0 Å². The first-order valence-electron chi connectivity index (χ1n) is 7.28. The number of rotatable bonds is 6. The number of halogens is 1. The van der Waals surface area contributed by atoms with E-state index in [1.807, 2.05) is 30.5 Å². The van der Waals surface area contributed by atoms with Crippen LogP contribution >= 0.6 is 22.6 Å². The third kappa shape index (κ3) is 4.34. The Balaban J connectivity index is 2.33. The minimum Gasteiger partial charge on any atom is -0.493 e. The second-order valence-corrected chi connectivity index (χ2v) is 6.27. The summed E-state index contributed by atoms with van der Waals surface area (Å²) < 4.78 is 12.1. The van der Waals surface area contributed by atoms with E-state index in [2.05, 4.69) is 54.1 Å². The molecule has 0 spiro atoms. The predicted molar refractivity (Wildman–Crippen MR) is 105 cm³/mol. The number of aryl methyl sites for hydroxylation is 1. The number of ether oxygens (including phenoxy) is 2. The Labute approximate surface area is 151 Å². The van der Waals surface area contributed by atoms with E-state index in [9.17, 15) is 0 Å². The number of hydrogen-bond acceptors (Lipinski definition) is 3. The van der Waals surface area contributed by atoms with Crippen molar-refractivity contribution in [1.82, 2.24) is 0 Å². The normalized spacial score (nSPS) is 10.8. The van der Waals surface area contributed by atoms with Gasteiger partial charge >= 0.3 is 0 Å². The van der Waals surface area contributed by atoms with Gasteiger partial charge in [-0.1, -0.05) is 24.8 Å². The molecule has 23 heavy (non-hydrogen) atoms.